The standard InChI is InChI=1S/C19H16BrNO2/c1-12-3-8-16(13(2)11-12)21-19(22)18-10-9-17(23-18)14-4-6-15(20)7-5-14/h3-11H,1-2H3,(H,21,22). The van der Waals surface area contributed by atoms with E-state index < -0.39 is 0 Å². The quantitative estimate of drug-likeness (QED) is 0.654. The Hall–Kier alpha value is -2.33. The van der Waals surface area contributed by atoms with Gasteiger partial charge in [-0.15, -0.1) is 0 Å². The number of aryl methyl sites for hydroxylation is 2. The van der Waals surface area contributed by atoms with Crippen molar-refractivity contribution in [3.63, 3.8) is 0 Å². The summed E-state index contributed by atoms with van der Waals surface area (Å²) in [5, 5.41) is 2.89. The lowest BCUT2D eigenvalue weighted by atomic mass is 10.1. The molecule has 0 aliphatic carbocycles. The lowest BCUT2D eigenvalue weighted by Crippen LogP contribution is -2.11. The predicted octanol–water partition coefficient (Wildman–Crippen LogP) is 5.58. The molecule has 3 nitrogen and oxygen atoms in total. The average Bonchev–Trinajstić information content (AvgIpc) is 3.01. The Bertz CT molecular complexity index is 850. The second-order valence-electron chi connectivity index (χ2n) is 5.44. The smallest absolute Gasteiger partial charge is 0.291 e. The molecule has 0 aliphatic rings. The number of furan rings is 1. The number of nitrogens with one attached hydrogen (secondary N) is 1. The van der Waals surface area contributed by atoms with Crippen LogP contribution in [0.5, 0.6) is 0 Å². The van der Waals surface area contributed by atoms with Crippen molar-refractivity contribution in [3.05, 3.63) is 76.0 Å². The molecule has 4 heteroatoms. The number of carbonyl (C=O) groups is 1. The van der Waals surface area contributed by atoms with Gasteiger partial charge < -0.3 is 9.73 Å². The number of anilines is 1. The predicted molar refractivity (Wildman–Crippen MR) is 95.7 cm³/mol. The summed E-state index contributed by atoms with van der Waals surface area (Å²) in [6.45, 7) is 3.99. The number of amides is 1. The van der Waals surface area contributed by atoms with Crippen molar-refractivity contribution >= 4 is 27.5 Å². The molecule has 116 valence electrons. The molecule has 1 heterocycles. The van der Waals surface area contributed by atoms with Crippen LogP contribution in [-0.4, -0.2) is 5.91 Å². The third kappa shape index (κ3) is 3.54. The Kier molecular flexibility index (Phi) is 4.35. The first-order valence-corrected chi connectivity index (χ1v) is 8.06. The zero-order valence-corrected chi connectivity index (χ0v) is 14.5. The van der Waals surface area contributed by atoms with Crippen LogP contribution in [0, 0.1) is 13.8 Å². The van der Waals surface area contributed by atoms with Crippen molar-refractivity contribution in [1.82, 2.24) is 0 Å². The molecule has 3 aromatic rings. The van der Waals surface area contributed by atoms with Crippen LogP contribution in [-0.2, 0) is 0 Å². The van der Waals surface area contributed by atoms with Crippen LogP contribution in [0.2, 0.25) is 0 Å². The van der Waals surface area contributed by atoms with E-state index in [2.05, 4.69) is 21.2 Å². The summed E-state index contributed by atoms with van der Waals surface area (Å²) in [6.07, 6.45) is 0. The SMILES string of the molecule is Cc1ccc(NC(=O)c2ccc(-c3ccc(Br)cc3)o2)c(C)c1. The van der Waals surface area contributed by atoms with Crippen LogP contribution in [0.25, 0.3) is 11.3 Å². The highest BCUT2D eigenvalue weighted by atomic mass is 79.9. The molecule has 1 amide bonds. The number of halogens is 1. The third-order valence-electron chi connectivity index (χ3n) is 3.59. The van der Waals surface area contributed by atoms with E-state index in [1.165, 1.54) is 0 Å². The molecule has 2 aromatic carbocycles. The Morgan fingerprint density at radius 1 is 1.00 bits per heavy atom. The molecular formula is C19H16BrNO2. The zero-order valence-electron chi connectivity index (χ0n) is 12.9. The van der Waals surface area contributed by atoms with E-state index in [1.807, 2.05) is 56.3 Å². The van der Waals surface area contributed by atoms with Gasteiger partial charge in [0.2, 0.25) is 0 Å². The second kappa shape index (κ2) is 6.42. The van der Waals surface area contributed by atoms with Gasteiger partial charge in [-0.25, -0.2) is 0 Å². The lowest BCUT2D eigenvalue weighted by Gasteiger charge is -2.07. The van der Waals surface area contributed by atoms with Gasteiger partial charge in [-0.2, -0.15) is 0 Å². The maximum Gasteiger partial charge on any atom is 0.291 e. The van der Waals surface area contributed by atoms with Gasteiger partial charge >= 0.3 is 0 Å². The fourth-order valence-corrected chi connectivity index (χ4v) is 2.63. The molecule has 0 aliphatic heterocycles. The first-order valence-electron chi connectivity index (χ1n) is 7.27. The zero-order chi connectivity index (χ0) is 16.4. The number of carbonyl (C=O) groups excluding carboxylic acids is 1. The molecular weight excluding hydrogens is 354 g/mol. The Labute approximate surface area is 143 Å². The lowest BCUT2D eigenvalue weighted by molar-refractivity contribution is 0.0997. The summed E-state index contributed by atoms with van der Waals surface area (Å²) in [5.74, 6) is 0.714. The van der Waals surface area contributed by atoms with E-state index in [0.29, 0.717) is 11.5 Å². The largest absolute Gasteiger partial charge is 0.451 e. The topological polar surface area (TPSA) is 42.2 Å². The van der Waals surface area contributed by atoms with Crippen molar-refractivity contribution < 1.29 is 9.21 Å². The van der Waals surface area contributed by atoms with Gasteiger partial charge in [-0.05, 0) is 49.7 Å². The van der Waals surface area contributed by atoms with Gasteiger partial charge in [0.05, 0.1) is 0 Å². The molecule has 0 bridgehead atoms. The summed E-state index contributed by atoms with van der Waals surface area (Å²) in [7, 11) is 0. The molecule has 0 unspecified atom stereocenters. The minimum absolute atomic E-state index is 0.250. The molecule has 3 rings (SSSR count). The van der Waals surface area contributed by atoms with Crippen LogP contribution in [0.3, 0.4) is 0 Å². The highest BCUT2D eigenvalue weighted by Crippen LogP contribution is 2.25. The molecule has 0 fully saturated rings. The van der Waals surface area contributed by atoms with Crippen LogP contribution in [0.15, 0.2) is 63.5 Å². The van der Waals surface area contributed by atoms with E-state index in [4.69, 9.17) is 4.42 Å². The third-order valence-corrected chi connectivity index (χ3v) is 4.12. The molecule has 1 N–H and O–H groups in total. The molecule has 0 radical (unpaired) electrons. The van der Waals surface area contributed by atoms with E-state index >= 15 is 0 Å². The second-order valence-corrected chi connectivity index (χ2v) is 6.36. The first-order chi connectivity index (χ1) is 11.0. The van der Waals surface area contributed by atoms with Crippen LogP contribution < -0.4 is 5.32 Å². The van der Waals surface area contributed by atoms with E-state index in [0.717, 1.165) is 26.9 Å². The number of hydrogen-bond donors (Lipinski definition) is 1. The Morgan fingerprint density at radius 3 is 2.43 bits per heavy atom. The van der Waals surface area contributed by atoms with Gasteiger partial charge in [0.15, 0.2) is 5.76 Å². The molecule has 0 saturated heterocycles. The molecule has 0 spiro atoms. The highest BCUT2D eigenvalue weighted by molar-refractivity contribution is 9.10. The minimum Gasteiger partial charge on any atom is -0.451 e. The summed E-state index contributed by atoms with van der Waals surface area (Å²) in [4.78, 5) is 12.3. The molecule has 0 atom stereocenters. The van der Waals surface area contributed by atoms with Crippen molar-refractivity contribution in [1.29, 1.82) is 0 Å². The number of rotatable bonds is 3. The summed E-state index contributed by atoms with van der Waals surface area (Å²) < 4.78 is 6.68. The molecule has 1 aromatic heterocycles. The van der Waals surface area contributed by atoms with Crippen molar-refractivity contribution in [3.8, 4) is 11.3 Å². The number of hydrogen-bond acceptors (Lipinski definition) is 2. The highest BCUT2D eigenvalue weighted by Gasteiger charge is 2.13. The van der Waals surface area contributed by atoms with Crippen LogP contribution in [0.4, 0.5) is 5.69 Å². The Balaban J connectivity index is 1.79. The van der Waals surface area contributed by atoms with E-state index in [1.54, 1.807) is 12.1 Å². The van der Waals surface area contributed by atoms with Crippen molar-refractivity contribution in [2.45, 2.75) is 13.8 Å². The van der Waals surface area contributed by atoms with E-state index in [-0.39, 0.29) is 5.91 Å². The first kappa shape index (κ1) is 15.6. The molecule has 0 saturated carbocycles. The summed E-state index contributed by atoms with van der Waals surface area (Å²) >= 11 is 3.40. The Morgan fingerprint density at radius 2 is 1.74 bits per heavy atom. The van der Waals surface area contributed by atoms with Crippen molar-refractivity contribution in [2.75, 3.05) is 5.32 Å². The monoisotopic (exact) mass is 369 g/mol. The van der Waals surface area contributed by atoms with Crippen LogP contribution >= 0.6 is 15.9 Å². The maximum atomic E-state index is 12.3. The van der Waals surface area contributed by atoms with Crippen LogP contribution in [0.1, 0.15) is 21.7 Å². The fourth-order valence-electron chi connectivity index (χ4n) is 2.37. The minimum atomic E-state index is -0.250. The van der Waals surface area contributed by atoms with Gasteiger partial charge in [0.25, 0.3) is 5.91 Å². The van der Waals surface area contributed by atoms with Gasteiger partial charge in [0.1, 0.15) is 5.76 Å². The van der Waals surface area contributed by atoms with Gasteiger partial charge in [-0.3, -0.25) is 4.79 Å². The summed E-state index contributed by atoms with van der Waals surface area (Å²) in [5.41, 5.74) is 3.91. The maximum absolute atomic E-state index is 12.3. The molecule has 23 heavy (non-hydrogen) atoms. The normalized spacial score (nSPS) is 10.6. The summed E-state index contributed by atoms with van der Waals surface area (Å²) in [6, 6.07) is 17.2. The van der Waals surface area contributed by atoms with Gasteiger partial charge in [0, 0.05) is 15.7 Å². The fraction of sp³-hybridized carbons (Fsp3) is 0.105. The van der Waals surface area contributed by atoms with E-state index in [9.17, 15) is 4.79 Å². The van der Waals surface area contributed by atoms with Crippen molar-refractivity contribution in [2.24, 2.45) is 0 Å². The van der Waals surface area contributed by atoms with Gasteiger partial charge in [-0.1, -0.05) is 45.8 Å². The average molecular weight is 370 g/mol. The number of benzene rings is 2.